The number of hydrogen-bond donors (Lipinski definition) is 2. The van der Waals surface area contributed by atoms with Crippen LogP contribution in [0.2, 0.25) is 5.02 Å². The first-order valence-corrected chi connectivity index (χ1v) is 9.57. The predicted octanol–water partition coefficient (Wildman–Crippen LogP) is 5.06. The van der Waals surface area contributed by atoms with Gasteiger partial charge >= 0.3 is 6.03 Å². The highest BCUT2D eigenvalue weighted by Gasteiger charge is 2.13. The van der Waals surface area contributed by atoms with Gasteiger partial charge in [0.1, 0.15) is 0 Å². The molecule has 0 saturated heterocycles. The van der Waals surface area contributed by atoms with Crippen molar-refractivity contribution in [2.24, 2.45) is 0 Å². The molecule has 0 radical (unpaired) electrons. The van der Waals surface area contributed by atoms with Crippen molar-refractivity contribution in [1.29, 1.82) is 0 Å². The molecular formula is C23H21ClN2O3. The number of benzene rings is 3. The normalized spacial score (nSPS) is 10.4. The number of halogens is 1. The summed E-state index contributed by atoms with van der Waals surface area (Å²) in [4.78, 5) is 24.1. The van der Waals surface area contributed by atoms with Crippen molar-refractivity contribution in [3.63, 3.8) is 0 Å². The van der Waals surface area contributed by atoms with Gasteiger partial charge in [-0.25, -0.2) is 4.79 Å². The molecule has 0 aliphatic rings. The molecule has 0 spiro atoms. The Hall–Kier alpha value is -3.15. The molecule has 0 unspecified atom stereocenters. The summed E-state index contributed by atoms with van der Waals surface area (Å²) < 4.78 is 5.69. The van der Waals surface area contributed by atoms with Gasteiger partial charge in [0.15, 0.2) is 0 Å². The molecule has 3 aromatic rings. The van der Waals surface area contributed by atoms with Gasteiger partial charge in [-0.1, -0.05) is 66.2 Å². The number of ether oxygens (including phenoxy) is 1. The minimum absolute atomic E-state index is 0.246. The average molecular weight is 409 g/mol. The average Bonchev–Trinajstić information content (AvgIpc) is 2.73. The number of anilines is 1. The summed E-state index contributed by atoms with van der Waals surface area (Å²) in [5.74, 6) is -0.555. The van der Waals surface area contributed by atoms with E-state index >= 15 is 0 Å². The maximum Gasteiger partial charge on any atom is 0.326 e. The van der Waals surface area contributed by atoms with Crippen LogP contribution in [0, 0.1) is 0 Å². The fourth-order valence-electron chi connectivity index (χ4n) is 2.69. The maximum absolute atomic E-state index is 12.1. The molecule has 0 saturated carbocycles. The molecule has 0 heterocycles. The summed E-state index contributed by atoms with van der Waals surface area (Å²) in [6.45, 7) is 1.19. The lowest BCUT2D eigenvalue weighted by atomic mass is 10.1. The third-order valence-corrected chi connectivity index (χ3v) is 4.53. The third kappa shape index (κ3) is 6.45. The van der Waals surface area contributed by atoms with E-state index < -0.39 is 11.9 Å². The Morgan fingerprint density at radius 1 is 0.828 bits per heavy atom. The summed E-state index contributed by atoms with van der Waals surface area (Å²) in [5, 5.41) is 5.19. The van der Waals surface area contributed by atoms with Crippen LogP contribution in [0.15, 0.2) is 78.9 Å². The van der Waals surface area contributed by atoms with Gasteiger partial charge in [-0.2, -0.15) is 0 Å². The molecule has 148 valence electrons. The Balaban J connectivity index is 1.43. The molecule has 0 aliphatic carbocycles. The van der Waals surface area contributed by atoms with Crippen molar-refractivity contribution < 1.29 is 14.3 Å². The van der Waals surface area contributed by atoms with E-state index in [1.165, 1.54) is 0 Å². The second-order valence-electron chi connectivity index (χ2n) is 6.37. The number of amides is 3. The molecule has 3 aromatic carbocycles. The number of rotatable bonds is 7. The fourth-order valence-corrected chi connectivity index (χ4v) is 2.91. The second kappa shape index (κ2) is 10.4. The number of nitrogens with one attached hydrogen (secondary N) is 2. The Morgan fingerprint density at radius 3 is 2.24 bits per heavy atom. The van der Waals surface area contributed by atoms with Crippen molar-refractivity contribution in [2.45, 2.75) is 13.0 Å². The lowest BCUT2D eigenvalue weighted by Crippen LogP contribution is -2.34. The van der Waals surface area contributed by atoms with E-state index in [2.05, 4.69) is 10.6 Å². The highest BCUT2D eigenvalue weighted by atomic mass is 35.5. The monoisotopic (exact) mass is 408 g/mol. The minimum Gasteiger partial charge on any atom is -0.376 e. The number of carbonyl (C=O) groups is 2. The first-order valence-electron chi connectivity index (χ1n) is 9.19. The van der Waals surface area contributed by atoms with Crippen LogP contribution in [0.5, 0.6) is 0 Å². The molecule has 6 heteroatoms. The fraction of sp³-hybridized carbons (Fsp3) is 0.130. The molecule has 29 heavy (non-hydrogen) atoms. The largest absolute Gasteiger partial charge is 0.376 e. The summed E-state index contributed by atoms with van der Waals surface area (Å²) in [6.07, 6.45) is 0.768. The molecule has 3 rings (SSSR count). The summed E-state index contributed by atoms with van der Waals surface area (Å²) in [6, 6.07) is 23.3. The van der Waals surface area contributed by atoms with Gasteiger partial charge in [-0.05, 0) is 41.8 Å². The van der Waals surface area contributed by atoms with Gasteiger partial charge in [0.05, 0.1) is 23.8 Å². The highest BCUT2D eigenvalue weighted by Crippen LogP contribution is 2.15. The molecule has 3 amide bonds. The number of hydrogen-bond acceptors (Lipinski definition) is 3. The number of urea groups is 1. The van der Waals surface area contributed by atoms with Crippen LogP contribution in [-0.4, -0.2) is 18.5 Å². The van der Waals surface area contributed by atoms with E-state index in [0.29, 0.717) is 18.9 Å². The van der Waals surface area contributed by atoms with E-state index in [0.717, 1.165) is 17.5 Å². The van der Waals surface area contributed by atoms with E-state index in [4.69, 9.17) is 16.3 Å². The standard InChI is InChI=1S/C23H21ClN2O3/c24-21-9-5-4-8-20(21)22(27)26-23(28)25-19-12-10-17(11-13-19)14-15-29-16-18-6-2-1-3-7-18/h1-13H,14-16H2,(H2,25,26,27,28). The summed E-state index contributed by atoms with van der Waals surface area (Å²) >= 11 is 5.96. The predicted molar refractivity (Wildman–Crippen MR) is 114 cm³/mol. The van der Waals surface area contributed by atoms with Crippen LogP contribution in [-0.2, 0) is 17.8 Å². The zero-order valence-corrected chi connectivity index (χ0v) is 16.5. The Kier molecular flexibility index (Phi) is 7.39. The Morgan fingerprint density at radius 2 is 1.52 bits per heavy atom. The molecule has 0 fully saturated rings. The Bertz CT molecular complexity index is 959. The first-order chi connectivity index (χ1) is 14.1. The van der Waals surface area contributed by atoms with Crippen molar-refractivity contribution in [3.8, 4) is 0 Å². The van der Waals surface area contributed by atoms with Gasteiger partial charge in [0.2, 0.25) is 0 Å². The van der Waals surface area contributed by atoms with Gasteiger partial charge in [0, 0.05) is 5.69 Å². The second-order valence-corrected chi connectivity index (χ2v) is 6.78. The summed E-state index contributed by atoms with van der Waals surface area (Å²) in [7, 11) is 0. The lowest BCUT2D eigenvalue weighted by molar-refractivity contribution is 0.0967. The topological polar surface area (TPSA) is 67.4 Å². The minimum atomic E-state index is -0.617. The molecule has 2 N–H and O–H groups in total. The molecule has 0 bridgehead atoms. The van der Waals surface area contributed by atoms with Crippen molar-refractivity contribution in [3.05, 3.63) is 101 Å². The van der Waals surface area contributed by atoms with Crippen LogP contribution in [0.4, 0.5) is 10.5 Å². The third-order valence-electron chi connectivity index (χ3n) is 4.20. The molecular weight excluding hydrogens is 388 g/mol. The zero-order chi connectivity index (χ0) is 20.5. The van der Waals surface area contributed by atoms with Crippen LogP contribution in [0.25, 0.3) is 0 Å². The molecule has 0 aliphatic heterocycles. The number of carbonyl (C=O) groups excluding carboxylic acids is 2. The molecule has 5 nitrogen and oxygen atoms in total. The maximum atomic E-state index is 12.1. The van der Waals surface area contributed by atoms with Crippen LogP contribution >= 0.6 is 11.6 Å². The lowest BCUT2D eigenvalue weighted by Gasteiger charge is -2.09. The quantitative estimate of drug-likeness (QED) is 0.537. The SMILES string of the molecule is O=C(NC(=O)c1ccccc1Cl)Nc1ccc(CCOCc2ccccc2)cc1. The smallest absolute Gasteiger partial charge is 0.326 e. The van der Waals surface area contributed by atoms with Crippen molar-refractivity contribution in [2.75, 3.05) is 11.9 Å². The van der Waals surface area contributed by atoms with E-state index in [-0.39, 0.29) is 10.6 Å². The highest BCUT2D eigenvalue weighted by molar-refractivity contribution is 6.34. The Labute approximate surface area is 174 Å². The van der Waals surface area contributed by atoms with Crippen molar-refractivity contribution >= 4 is 29.2 Å². The van der Waals surface area contributed by atoms with E-state index in [1.807, 2.05) is 42.5 Å². The van der Waals surface area contributed by atoms with Gasteiger partial charge in [-0.15, -0.1) is 0 Å². The molecule has 0 aromatic heterocycles. The van der Waals surface area contributed by atoms with Crippen LogP contribution in [0.3, 0.4) is 0 Å². The van der Waals surface area contributed by atoms with Crippen LogP contribution < -0.4 is 10.6 Å². The van der Waals surface area contributed by atoms with Gasteiger partial charge in [-0.3, -0.25) is 10.1 Å². The first kappa shape index (κ1) is 20.6. The number of imide groups is 1. The van der Waals surface area contributed by atoms with E-state index in [1.54, 1.807) is 36.4 Å². The van der Waals surface area contributed by atoms with Crippen LogP contribution in [0.1, 0.15) is 21.5 Å². The molecule has 0 atom stereocenters. The van der Waals surface area contributed by atoms with Crippen molar-refractivity contribution in [1.82, 2.24) is 5.32 Å². The zero-order valence-electron chi connectivity index (χ0n) is 15.7. The van der Waals surface area contributed by atoms with Gasteiger partial charge in [0.25, 0.3) is 5.91 Å². The van der Waals surface area contributed by atoms with E-state index in [9.17, 15) is 9.59 Å². The van der Waals surface area contributed by atoms with Gasteiger partial charge < -0.3 is 10.1 Å². The summed E-state index contributed by atoms with van der Waals surface area (Å²) in [5.41, 5.74) is 3.07.